The smallest absolute Gasteiger partial charge is 0.339 e. The Hall–Kier alpha value is -2.74. The summed E-state index contributed by atoms with van der Waals surface area (Å²) in [5.74, 6) is -0.0959. The van der Waals surface area contributed by atoms with Crippen molar-refractivity contribution in [2.45, 2.75) is 11.8 Å². The maximum atomic E-state index is 12.9. The van der Waals surface area contributed by atoms with Gasteiger partial charge in [0, 0.05) is 13.1 Å². The first-order chi connectivity index (χ1) is 12.3. The molecule has 0 radical (unpaired) electrons. The number of ether oxygens (including phenoxy) is 2. The van der Waals surface area contributed by atoms with Gasteiger partial charge in [0.25, 0.3) is 10.0 Å². The van der Waals surface area contributed by atoms with Crippen molar-refractivity contribution in [1.82, 2.24) is 0 Å². The quantitative estimate of drug-likeness (QED) is 0.825. The highest BCUT2D eigenvalue weighted by Gasteiger charge is 2.25. The molecule has 26 heavy (non-hydrogen) atoms. The molecule has 2 aromatic carbocycles. The Kier molecular flexibility index (Phi) is 4.78. The molecule has 0 spiro atoms. The molecule has 1 aliphatic rings. The van der Waals surface area contributed by atoms with Crippen LogP contribution in [0, 0.1) is 6.92 Å². The Bertz CT molecular complexity index is 956. The number of rotatable bonds is 4. The van der Waals surface area contributed by atoms with Gasteiger partial charge in [-0.05, 0) is 30.7 Å². The molecule has 0 aliphatic carbocycles. The second kappa shape index (κ2) is 6.87. The number of nitrogens with zero attached hydrogens (tertiary/aromatic N) is 1. The maximum absolute atomic E-state index is 12.9. The number of hydrogen-bond acceptors (Lipinski definition) is 6. The van der Waals surface area contributed by atoms with Crippen molar-refractivity contribution in [3.63, 3.8) is 0 Å². The first-order valence-electron chi connectivity index (χ1n) is 8.02. The van der Waals surface area contributed by atoms with E-state index in [1.54, 1.807) is 25.1 Å². The van der Waals surface area contributed by atoms with Gasteiger partial charge in [0.05, 0.1) is 35.5 Å². The summed E-state index contributed by atoms with van der Waals surface area (Å²) in [4.78, 5) is 14.0. The Morgan fingerprint density at radius 1 is 1.27 bits per heavy atom. The number of anilines is 2. The Morgan fingerprint density at radius 2 is 2.00 bits per heavy atom. The van der Waals surface area contributed by atoms with E-state index in [0.717, 1.165) is 12.2 Å². The molecule has 1 heterocycles. The van der Waals surface area contributed by atoms with Gasteiger partial charge < -0.3 is 14.4 Å². The number of para-hydroxylation sites is 1. The van der Waals surface area contributed by atoms with Crippen molar-refractivity contribution < 1.29 is 22.7 Å². The summed E-state index contributed by atoms with van der Waals surface area (Å²) >= 11 is 0. The Balaban J connectivity index is 2.01. The lowest BCUT2D eigenvalue weighted by Crippen LogP contribution is -2.29. The summed E-state index contributed by atoms with van der Waals surface area (Å²) in [6.45, 7) is 2.96. The molecule has 0 aromatic heterocycles. The van der Waals surface area contributed by atoms with Crippen LogP contribution in [-0.4, -0.2) is 41.7 Å². The fraction of sp³-hybridized carbons (Fsp3) is 0.278. The predicted molar refractivity (Wildman–Crippen MR) is 98.5 cm³/mol. The molecule has 0 saturated carbocycles. The lowest BCUT2D eigenvalue weighted by molar-refractivity contribution is 0.0602. The summed E-state index contributed by atoms with van der Waals surface area (Å²) < 4.78 is 38.6. The molecule has 0 unspecified atom stereocenters. The number of carbonyl (C=O) groups excluding carboxylic acids is 1. The van der Waals surface area contributed by atoms with Gasteiger partial charge in [-0.2, -0.15) is 0 Å². The molecular formula is C18H20N2O5S. The van der Waals surface area contributed by atoms with E-state index in [1.165, 1.54) is 25.3 Å². The van der Waals surface area contributed by atoms with Crippen molar-refractivity contribution in [3.8, 4) is 5.75 Å². The van der Waals surface area contributed by atoms with Crippen LogP contribution >= 0.6 is 0 Å². The van der Waals surface area contributed by atoms with Gasteiger partial charge in [0.15, 0.2) is 0 Å². The van der Waals surface area contributed by atoms with Crippen LogP contribution in [0.2, 0.25) is 0 Å². The molecule has 0 saturated heterocycles. The van der Waals surface area contributed by atoms with E-state index in [2.05, 4.69) is 4.72 Å². The minimum absolute atomic E-state index is 0.103. The molecule has 0 amide bonds. The molecule has 3 rings (SSSR count). The Morgan fingerprint density at radius 3 is 2.73 bits per heavy atom. The van der Waals surface area contributed by atoms with E-state index in [1.807, 2.05) is 11.9 Å². The number of fused-ring (bicyclic) bond motifs is 1. The summed E-state index contributed by atoms with van der Waals surface area (Å²) in [7, 11) is -0.740. The zero-order valence-electron chi connectivity index (χ0n) is 14.8. The summed E-state index contributed by atoms with van der Waals surface area (Å²) in [6.07, 6.45) is 0. The lowest BCUT2D eigenvalue weighted by atomic mass is 10.1. The van der Waals surface area contributed by atoms with E-state index in [-0.39, 0.29) is 16.1 Å². The largest absolute Gasteiger partial charge is 0.490 e. The second-order valence-corrected chi connectivity index (χ2v) is 7.65. The van der Waals surface area contributed by atoms with Crippen LogP contribution in [0.15, 0.2) is 41.3 Å². The fourth-order valence-corrected chi connectivity index (χ4v) is 4.15. The minimum Gasteiger partial charge on any atom is -0.490 e. The van der Waals surface area contributed by atoms with Crippen LogP contribution in [0.1, 0.15) is 15.9 Å². The van der Waals surface area contributed by atoms with Gasteiger partial charge in [0.1, 0.15) is 12.4 Å². The van der Waals surface area contributed by atoms with Crippen LogP contribution < -0.4 is 14.4 Å². The second-order valence-electron chi connectivity index (χ2n) is 6.00. The molecule has 1 aliphatic heterocycles. The molecule has 0 bridgehead atoms. The summed E-state index contributed by atoms with van der Waals surface area (Å²) in [6, 6.07) is 9.60. The van der Waals surface area contributed by atoms with Crippen LogP contribution in [0.4, 0.5) is 11.4 Å². The third-order valence-electron chi connectivity index (χ3n) is 4.22. The normalized spacial score (nSPS) is 13.6. The third kappa shape index (κ3) is 3.32. The Labute approximate surface area is 152 Å². The zero-order valence-corrected chi connectivity index (χ0v) is 15.6. The first kappa shape index (κ1) is 18.1. The maximum Gasteiger partial charge on any atom is 0.339 e. The van der Waals surface area contributed by atoms with Crippen LogP contribution in [0.25, 0.3) is 0 Å². The van der Waals surface area contributed by atoms with Crippen LogP contribution in [0.3, 0.4) is 0 Å². The molecule has 2 aromatic rings. The average molecular weight is 376 g/mol. The molecule has 0 atom stereocenters. The van der Waals surface area contributed by atoms with Gasteiger partial charge in [-0.1, -0.05) is 12.1 Å². The minimum atomic E-state index is -3.92. The van der Waals surface area contributed by atoms with Gasteiger partial charge in [-0.3, -0.25) is 4.72 Å². The fourth-order valence-electron chi connectivity index (χ4n) is 2.83. The third-order valence-corrected chi connectivity index (χ3v) is 5.73. The lowest BCUT2D eigenvalue weighted by Gasteiger charge is -2.28. The van der Waals surface area contributed by atoms with Gasteiger partial charge in [-0.25, -0.2) is 13.2 Å². The number of nitrogens with one attached hydrogen (secondary N) is 1. The van der Waals surface area contributed by atoms with E-state index >= 15 is 0 Å². The van der Waals surface area contributed by atoms with Crippen LogP contribution in [-0.2, 0) is 14.8 Å². The monoisotopic (exact) mass is 376 g/mol. The highest BCUT2D eigenvalue weighted by Crippen LogP contribution is 2.35. The summed E-state index contributed by atoms with van der Waals surface area (Å²) in [5.41, 5.74) is 1.74. The average Bonchev–Trinajstić information content (AvgIpc) is 2.61. The van der Waals surface area contributed by atoms with Crippen molar-refractivity contribution in [2.24, 2.45) is 0 Å². The topological polar surface area (TPSA) is 84.9 Å². The van der Waals surface area contributed by atoms with Crippen LogP contribution in [0.5, 0.6) is 5.75 Å². The predicted octanol–water partition coefficient (Wildman–Crippen LogP) is 2.41. The highest BCUT2D eigenvalue weighted by atomic mass is 32.2. The number of likely N-dealkylation sites (N-methyl/N-ethyl adjacent to an activating group) is 1. The molecule has 7 nitrogen and oxygen atoms in total. The number of hydrogen-bond donors (Lipinski definition) is 1. The van der Waals surface area contributed by atoms with Crippen molar-refractivity contribution in [2.75, 3.05) is 36.9 Å². The highest BCUT2D eigenvalue weighted by molar-refractivity contribution is 7.92. The number of methoxy groups -OCH3 is 1. The van der Waals surface area contributed by atoms with E-state index in [4.69, 9.17) is 9.47 Å². The molecule has 0 fully saturated rings. The first-order valence-corrected chi connectivity index (χ1v) is 9.50. The van der Waals surface area contributed by atoms with E-state index < -0.39 is 16.0 Å². The number of benzene rings is 2. The number of esters is 1. The number of aryl methyl sites for hydroxylation is 1. The molecule has 8 heteroatoms. The zero-order chi connectivity index (χ0) is 18.9. The van der Waals surface area contributed by atoms with Crippen molar-refractivity contribution in [1.29, 1.82) is 0 Å². The van der Waals surface area contributed by atoms with Gasteiger partial charge in [-0.15, -0.1) is 0 Å². The summed E-state index contributed by atoms with van der Waals surface area (Å²) in [5, 5.41) is 0. The van der Waals surface area contributed by atoms with Gasteiger partial charge in [0.2, 0.25) is 0 Å². The van der Waals surface area contributed by atoms with Crippen molar-refractivity contribution in [3.05, 3.63) is 47.5 Å². The SMILES string of the molecule is COC(=O)c1ccccc1NS(=O)(=O)c1cc2c(cc1C)N(C)CCO2. The number of carbonyl (C=O) groups is 1. The molecule has 1 N–H and O–H groups in total. The van der Waals surface area contributed by atoms with E-state index in [9.17, 15) is 13.2 Å². The number of sulfonamides is 1. The molecule has 138 valence electrons. The van der Waals surface area contributed by atoms with E-state index in [0.29, 0.717) is 17.9 Å². The van der Waals surface area contributed by atoms with Crippen molar-refractivity contribution >= 4 is 27.4 Å². The van der Waals surface area contributed by atoms with Gasteiger partial charge >= 0.3 is 5.97 Å². The molecular weight excluding hydrogens is 356 g/mol. The standard InChI is InChI=1S/C18H20N2O5S/c1-12-10-15-16(25-9-8-20(15)2)11-17(12)26(22,23)19-14-7-5-4-6-13(14)18(21)24-3/h4-7,10-11,19H,8-9H2,1-3H3.